The summed E-state index contributed by atoms with van der Waals surface area (Å²) in [5.74, 6) is -3.62. The maximum absolute atomic E-state index is 14.3. The summed E-state index contributed by atoms with van der Waals surface area (Å²) in [4.78, 5) is 15.9. The summed E-state index contributed by atoms with van der Waals surface area (Å²) >= 11 is 6.19. The third kappa shape index (κ3) is 5.77. The first-order valence-electron chi connectivity index (χ1n) is 8.81. The fourth-order valence-corrected chi connectivity index (χ4v) is 3.42. The number of ether oxygens (including phenoxy) is 2. The van der Waals surface area contributed by atoms with Gasteiger partial charge in [0.15, 0.2) is 11.6 Å². The van der Waals surface area contributed by atoms with Crippen molar-refractivity contribution in [3.63, 3.8) is 0 Å². The van der Waals surface area contributed by atoms with Gasteiger partial charge in [-0.2, -0.15) is 0 Å². The molecule has 1 fully saturated rings. The second-order valence-electron chi connectivity index (χ2n) is 6.63. The Labute approximate surface area is 176 Å². The van der Waals surface area contributed by atoms with Crippen LogP contribution in [0.15, 0.2) is 24.4 Å². The van der Waals surface area contributed by atoms with Gasteiger partial charge in [-0.05, 0) is 18.9 Å². The van der Waals surface area contributed by atoms with Gasteiger partial charge in [0.25, 0.3) is 5.91 Å². The molecule has 2 heterocycles. The van der Waals surface area contributed by atoms with E-state index < -0.39 is 38.9 Å². The van der Waals surface area contributed by atoms with E-state index in [0.29, 0.717) is 37.4 Å². The van der Waals surface area contributed by atoms with Gasteiger partial charge in [0.2, 0.25) is 10.0 Å². The Morgan fingerprint density at radius 1 is 1.30 bits per heavy atom. The van der Waals surface area contributed by atoms with Crippen molar-refractivity contribution in [1.82, 2.24) is 9.71 Å². The minimum Gasteiger partial charge on any atom is -0.452 e. The zero-order valence-corrected chi connectivity index (χ0v) is 17.3. The topological polar surface area (TPSA) is 107 Å². The van der Waals surface area contributed by atoms with E-state index in [0.717, 1.165) is 12.8 Å². The average molecular weight is 462 g/mol. The number of carbonyl (C=O) groups excluding carboxylic acids is 1. The number of halogens is 3. The number of rotatable bonds is 6. The Morgan fingerprint density at radius 2 is 2.07 bits per heavy atom. The fourth-order valence-electron chi connectivity index (χ4n) is 2.76. The van der Waals surface area contributed by atoms with Crippen LogP contribution >= 0.6 is 11.6 Å². The molecule has 1 aromatic heterocycles. The number of hydrogen-bond donors (Lipinski definition) is 2. The Bertz CT molecular complexity index is 1060. The van der Waals surface area contributed by atoms with E-state index in [9.17, 15) is 22.0 Å². The zero-order chi connectivity index (χ0) is 21.9. The van der Waals surface area contributed by atoms with Crippen LogP contribution in [-0.4, -0.2) is 44.8 Å². The summed E-state index contributed by atoms with van der Waals surface area (Å²) in [5, 5.41) is 3.36. The molecule has 1 amide bonds. The van der Waals surface area contributed by atoms with Gasteiger partial charge in [-0.25, -0.2) is 26.9 Å². The first-order valence-corrected chi connectivity index (χ1v) is 11.1. The number of anilines is 1. The first kappa shape index (κ1) is 22.2. The highest BCUT2D eigenvalue weighted by Crippen LogP contribution is 2.31. The Morgan fingerprint density at radius 3 is 2.70 bits per heavy atom. The molecule has 3 rings (SSSR count). The van der Waals surface area contributed by atoms with Crippen LogP contribution < -0.4 is 14.8 Å². The van der Waals surface area contributed by atoms with Gasteiger partial charge in [-0.15, -0.1) is 0 Å². The van der Waals surface area contributed by atoms with Crippen LogP contribution in [0.5, 0.6) is 11.5 Å². The number of amides is 1. The lowest BCUT2D eigenvalue weighted by molar-refractivity contribution is 0.0875. The van der Waals surface area contributed by atoms with Crippen molar-refractivity contribution in [2.75, 3.05) is 24.8 Å². The smallest absolute Gasteiger partial charge is 0.267 e. The molecule has 1 aliphatic heterocycles. The van der Waals surface area contributed by atoms with E-state index in [1.165, 1.54) is 12.3 Å². The van der Waals surface area contributed by atoms with Crippen molar-refractivity contribution in [2.24, 2.45) is 0 Å². The Balaban J connectivity index is 1.75. The zero-order valence-electron chi connectivity index (χ0n) is 15.7. The van der Waals surface area contributed by atoms with E-state index >= 15 is 0 Å². The maximum atomic E-state index is 14.3. The largest absolute Gasteiger partial charge is 0.452 e. The predicted molar refractivity (Wildman–Crippen MR) is 105 cm³/mol. The van der Waals surface area contributed by atoms with Crippen LogP contribution in [0, 0.1) is 11.6 Å². The number of nitrogens with zero attached hydrogens (tertiary/aromatic N) is 1. The molecule has 30 heavy (non-hydrogen) atoms. The second-order valence-corrected chi connectivity index (χ2v) is 8.78. The summed E-state index contributed by atoms with van der Waals surface area (Å²) in [6, 6.07) is 2.61. The molecular weight excluding hydrogens is 444 g/mol. The molecule has 2 aromatic rings. The van der Waals surface area contributed by atoms with Gasteiger partial charge in [0.1, 0.15) is 17.4 Å². The lowest BCUT2D eigenvalue weighted by atomic mass is 10.1. The molecule has 12 heteroatoms. The molecule has 0 bridgehead atoms. The van der Waals surface area contributed by atoms with Gasteiger partial charge >= 0.3 is 0 Å². The number of sulfonamides is 1. The van der Waals surface area contributed by atoms with Crippen LogP contribution in [0.25, 0.3) is 0 Å². The van der Waals surface area contributed by atoms with Crippen molar-refractivity contribution in [3.05, 3.63) is 46.6 Å². The summed E-state index contributed by atoms with van der Waals surface area (Å²) in [6.07, 6.45) is 3.81. The van der Waals surface area contributed by atoms with Gasteiger partial charge in [-0.3, -0.25) is 4.79 Å². The van der Waals surface area contributed by atoms with Gasteiger partial charge in [-0.1, -0.05) is 11.6 Å². The van der Waals surface area contributed by atoms with Crippen LogP contribution in [0.2, 0.25) is 5.02 Å². The lowest BCUT2D eigenvalue weighted by Gasteiger charge is -2.24. The number of pyridine rings is 1. The molecule has 162 valence electrons. The van der Waals surface area contributed by atoms with Crippen LogP contribution in [-0.2, 0) is 14.8 Å². The lowest BCUT2D eigenvalue weighted by Crippen LogP contribution is -2.30. The molecule has 1 saturated heterocycles. The molecule has 0 saturated carbocycles. The van der Waals surface area contributed by atoms with E-state index in [-0.39, 0.29) is 16.8 Å². The van der Waals surface area contributed by atoms with E-state index in [1.54, 1.807) is 4.72 Å². The van der Waals surface area contributed by atoms with Crippen molar-refractivity contribution in [2.45, 2.75) is 18.9 Å². The molecule has 1 aliphatic rings. The number of carbonyl (C=O) groups is 1. The summed E-state index contributed by atoms with van der Waals surface area (Å²) in [5.41, 5.74) is -0.782. The Hall–Kier alpha value is -2.50. The monoisotopic (exact) mass is 461 g/mol. The number of nitrogens with one attached hydrogen (secondary N) is 2. The summed E-state index contributed by atoms with van der Waals surface area (Å²) < 4.78 is 62.9. The molecule has 1 unspecified atom stereocenters. The van der Waals surface area contributed by atoms with Gasteiger partial charge in [0.05, 0.1) is 35.7 Å². The third-order valence-corrected chi connectivity index (χ3v) is 4.93. The van der Waals surface area contributed by atoms with Gasteiger partial charge < -0.3 is 14.8 Å². The standard InChI is InChI=1S/C18H18ClF2N3O5S/c1-30(26,27)24-18(25)12-6-15(21)16(7-14(12)20)29-11-5-13(19)17(22-8-11)23-10-3-2-4-28-9-10/h5-8,10H,2-4,9H2,1H3,(H,22,23)(H,24,25). The normalized spacial score (nSPS) is 16.7. The van der Waals surface area contributed by atoms with Crippen LogP contribution in [0.1, 0.15) is 23.2 Å². The number of aromatic nitrogens is 1. The molecule has 1 atom stereocenters. The van der Waals surface area contributed by atoms with Crippen LogP contribution in [0.4, 0.5) is 14.6 Å². The highest BCUT2D eigenvalue weighted by molar-refractivity contribution is 7.89. The first-order chi connectivity index (χ1) is 14.1. The van der Waals surface area contributed by atoms with E-state index in [4.69, 9.17) is 21.1 Å². The summed E-state index contributed by atoms with van der Waals surface area (Å²) in [7, 11) is -3.94. The van der Waals surface area contributed by atoms with Crippen LogP contribution in [0.3, 0.4) is 0 Å². The number of benzene rings is 1. The molecule has 8 nitrogen and oxygen atoms in total. The highest BCUT2D eigenvalue weighted by atomic mass is 35.5. The van der Waals surface area contributed by atoms with Crippen molar-refractivity contribution < 1.29 is 31.5 Å². The van der Waals surface area contributed by atoms with Crippen molar-refractivity contribution in [3.8, 4) is 11.5 Å². The molecule has 0 radical (unpaired) electrons. The third-order valence-electron chi connectivity index (χ3n) is 4.09. The second kappa shape index (κ2) is 9.11. The van der Waals surface area contributed by atoms with Crippen molar-refractivity contribution >= 4 is 33.3 Å². The SMILES string of the molecule is CS(=O)(=O)NC(=O)c1cc(F)c(Oc2cnc(NC3CCCOC3)c(Cl)c2)cc1F. The van der Waals surface area contributed by atoms with Crippen molar-refractivity contribution in [1.29, 1.82) is 0 Å². The van der Waals surface area contributed by atoms with Gasteiger partial charge in [0, 0.05) is 18.7 Å². The average Bonchev–Trinajstić information content (AvgIpc) is 2.66. The Kier molecular flexibility index (Phi) is 6.74. The molecule has 1 aromatic carbocycles. The van der Waals surface area contributed by atoms with E-state index in [1.807, 2.05) is 0 Å². The molecule has 0 spiro atoms. The minimum atomic E-state index is -3.94. The number of hydrogen-bond acceptors (Lipinski definition) is 7. The fraction of sp³-hybridized carbons (Fsp3) is 0.333. The predicted octanol–water partition coefficient (Wildman–Crippen LogP) is 3.09. The molecular formula is C18H18ClF2N3O5S. The van der Waals surface area contributed by atoms with E-state index in [2.05, 4.69) is 10.3 Å². The quantitative estimate of drug-likeness (QED) is 0.680. The summed E-state index contributed by atoms with van der Waals surface area (Å²) in [6.45, 7) is 1.24. The molecule has 2 N–H and O–H groups in total. The highest BCUT2D eigenvalue weighted by Gasteiger charge is 2.20. The maximum Gasteiger partial charge on any atom is 0.267 e. The minimum absolute atomic E-state index is 0.0390. The molecule has 0 aliphatic carbocycles.